The second-order valence-electron chi connectivity index (χ2n) is 10.3. The first-order valence-electron chi connectivity index (χ1n) is 12.9. The van der Waals surface area contributed by atoms with Gasteiger partial charge in [-0.2, -0.15) is 26.3 Å². The Morgan fingerprint density at radius 1 is 0.977 bits per heavy atom. The Kier molecular flexibility index (Phi) is 9.43. The second-order valence-corrected chi connectivity index (χ2v) is 12.6. The standard InChI is InChI=1S/C26H23ClF8N2O6S/c1-44(40,41)37(43-24(39)26(33,34)35)23(38)18-9-14(13-2-3-13)8-15(21(18)28)12-36-6-4-17(5-7-36)42-20-11-16(25(30,31)32)10-19(27)22(20)29/h8-11,13,17H,2-7,12H2,1H3. The number of likely N-dealkylation sites (tertiary alicyclic amines) is 1. The van der Waals surface area contributed by atoms with Crippen molar-refractivity contribution in [2.75, 3.05) is 19.3 Å². The van der Waals surface area contributed by atoms with Crippen molar-refractivity contribution >= 4 is 33.5 Å². The van der Waals surface area contributed by atoms with E-state index in [9.17, 15) is 48.7 Å². The highest BCUT2D eigenvalue weighted by molar-refractivity contribution is 7.88. The van der Waals surface area contributed by atoms with Crippen LogP contribution in [0.1, 0.15) is 58.6 Å². The number of piperidine rings is 1. The lowest BCUT2D eigenvalue weighted by Gasteiger charge is -2.32. The van der Waals surface area contributed by atoms with Gasteiger partial charge in [0.15, 0.2) is 11.6 Å². The summed E-state index contributed by atoms with van der Waals surface area (Å²) in [6.07, 6.45) is -9.26. The normalized spacial score (nSPS) is 17.0. The SMILES string of the molecule is CS(=O)(=O)N(OC(=O)C(F)(F)F)C(=O)c1cc(C2CC2)cc(CN2CCC(Oc3cc(C(F)(F)F)cc(Cl)c3F)CC2)c1F. The number of carbonyl (C=O) groups excluding carboxylic acids is 2. The molecule has 0 aromatic heterocycles. The summed E-state index contributed by atoms with van der Waals surface area (Å²) in [5, 5.41) is -0.772. The van der Waals surface area contributed by atoms with E-state index in [1.54, 1.807) is 4.90 Å². The van der Waals surface area contributed by atoms with Crippen LogP contribution in [0, 0.1) is 11.6 Å². The maximum Gasteiger partial charge on any atom is 0.493 e. The van der Waals surface area contributed by atoms with Crippen LogP contribution >= 0.6 is 11.6 Å². The van der Waals surface area contributed by atoms with Crippen LogP contribution in [0.25, 0.3) is 0 Å². The molecule has 2 aromatic rings. The van der Waals surface area contributed by atoms with E-state index in [1.165, 1.54) is 6.07 Å². The average molecular weight is 679 g/mol. The van der Waals surface area contributed by atoms with Gasteiger partial charge in [0.25, 0.3) is 10.0 Å². The number of benzene rings is 2. The lowest BCUT2D eigenvalue weighted by atomic mass is 9.99. The van der Waals surface area contributed by atoms with Gasteiger partial charge < -0.3 is 9.57 Å². The van der Waals surface area contributed by atoms with Crippen LogP contribution in [0.2, 0.25) is 5.02 Å². The van der Waals surface area contributed by atoms with Gasteiger partial charge >= 0.3 is 24.2 Å². The number of amides is 1. The smallest absolute Gasteiger partial charge is 0.487 e. The second kappa shape index (κ2) is 12.3. The Hall–Kier alpha value is -3.18. The first-order chi connectivity index (χ1) is 20.3. The van der Waals surface area contributed by atoms with E-state index >= 15 is 4.39 Å². The Balaban J connectivity index is 1.52. The summed E-state index contributed by atoms with van der Waals surface area (Å²) in [7, 11) is -4.94. The molecule has 0 spiro atoms. The molecule has 1 aliphatic heterocycles. The number of halogens is 9. The highest BCUT2D eigenvalue weighted by atomic mass is 35.5. The number of ether oxygens (including phenoxy) is 1. The summed E-state index contributed by atoms with van der Waals surface area (Å²) in [5.74, 6) is -8.08. The maximum atomic E-state index is 15.6. The highest BCUT2D eigenvalue weighted by Gasteiger charge is 2.46. The largest absolute Gasteiger partial charge is 0.493 e. The summed E-state index contributed by atoms with van der Waals surface area (Å²) in [5.41, 5.74) is -1.82. The summed E-state index contributed by atoms with van der Waals surface area (Å²) >= 11 is 5.60. The van der Waals surface area contributed by atoms with Crippen LogP contribution in [0.5, 0.6) is 5.75 Å². The molecule has 44 heavy (non-hydrogen) atoms. The van der Waals surface area contributed by atoms with Gasteiger partial charge in [-0.1, -0.05) is 22.1 Å². The average Bonchev–Trinajstić information content (AvgIpc) is 3.75. The zero-order valence-corrected chi connectivity index (χ0v) is 24.1. The molecule has 8 nitrogen and oxygen atoms in total. The molecule has 4 rings (SSSR count). The molecule has 0 radical (unpaired) electrons. The first kappa shape index (κ1) is 33.7. The van der Waals surface area contributed by atoms with Crippen molar-refractivity contribution in [2.24, 2.45) is 0 Å². The van der Waals surface area contributed by atoms with E-state index in [2.05, 4.69) is 4.84 Å². The molecule has 242 valence electrons. The van der Waals surface area contributed by atoms with Crippen molar-refractivity contribution in [3.8, 4) is 5.75 Å². The molecule has 0 atom stereocenters. The van der Waals surface area contributed by atoms with Crippen LogP contribution in [-0.2, 0) is 32.4 Å². The fraction of sp³-hybridized carbons (Fsp3) is 0.462. The number of hydrogen-bond acceptors (Lipinski definition) is 7. The van der Waals surface area contributed by atoms with Gasteiger partial charge in [0.05, 0.1) is 22.4 Å². The molecular formula is C26H23ClF8N2O6S. The lowest BCUT2D eigenvalue weighted by molar-refractivity contribution is -0.216. The number of hydroxylamine groups is 1. The zero-order chi connectivity index (χ0) is 32.8. The Bertz CT molecular complexity index is 1550. The van der Waals surface area contributed by atoms with Crippen molar-refractivity contribution in [1.29, 1.82) is 0 Å². The molecule has 2 aliphatic rings. The molecule has 2 fully saturated rings. The van der Waals surface area contributed by atoms with E-state index in [0.29, 0.717) is 36.8 Å². The van der Waals surface area contributed by atoms with Gasteiger partial charge in [0.2, 0.25) is 0 Å². The molecule has 0 unspecified atom stereocenters. The van der Waals surface area contributed by atoms with Gasteiger partial charge in [-0.25, -0.2) is 22.0 Å². The molecule has 1 amide bonds. The minimum Gasteiger partial charge on any atom is -0.487 e. The van der Waals surface area contributed by atoms with Crippen molar-refractivity contribution < 1.29 is 62.7 Å². The Morgan fingerprint density at radius 3 is 2.11 bits per heavy atom. The Labute approximate surface area is 250 Å². The summed E-state index contributed by atoms with van der Waals surface area (Å²) in [6.45, 7) is 0.187. The van der Waals surface area contributed by atoms with Crippen LogP contribution in [0.4, 0.5) is 35.1 Å². The van der Waals surface area contributed by atoms with Crippen LogP contribution in [0.15, 0.2) is 24.3 Å². The number of nitrogens with zero attached hydrogens (tertiary/aromatic N) is 2. The third-order valence-corrected chi connectivity index (χ3v) is 7.98. The van der Waals surface area contributed by atoms with Gasteiger partial charge in [0.1, 0.15) is 11.9 Å². The number of carbonyl (C=O) groups is 2. The number of sulfonamides is 1. The van der Waals surface area contributed by atoms with Gasteiger partial charge in [-0.15, -0.1) is 0 Å². The minimum absolute atomic E-state index is 0.108. The van der Waals surface area contributed by atoms with Gasteiger partial charge in [-0.05, 0) is 55.4 Å². The molecule has 18 heteroatoms. The third-order valence-electron chi connectivity index (χ3n) is 6.86. The van der Waals surface area contributed by atoms with E-state index in [1.807, 2.05) is 0 Å². The van der Waals surface area contributed by atoms with Crippen molar-refractivity contribution in [2.45, 2.75) is 56.6 Å². The van der Waals surface area contributed by atoms with Crippen LogP contribution in [-0.4, -0.2) is 61.3 Å². The fourth-order valence-electron chi connectivity index (χ4n) is 4.54. The predicted octanol–water partition coefficient (Wildman–Crippen LogP) is 5.98. The first-order valence-corrected chi connectivity index (χ1v) is 15.1. The monoisotopic (exact) mass is 678 g/mol. The van der Waals surface area contributed by atoms with Crippen molar-refractivity contribution in [1.82, 2.24) is 9.37 Å². The maximum absolute atomic E-state index is 15.6. The third kappa shape index (κ3) is 7.90. The molecule has 1 saturated carbocycles. The highest BCUT2D eigenvalue weighted by Crippen LogP contribution is 2.42. The molecule has 1 aliphatic carbocycles. The van der Waals surface area contributed by atoms with Crippen LogP contribution in [0.3, 0.4) is 0 Å². The Morgan fingerprint density at radius 2 is 1.59 bits per heavy atom. The minimum atomic E-state index is -5.65. The summed E-state index contributed by atoms with van der Waals surface area (Å²) in [4.78, 5) is 29.8. The number of alkyl halides is 6. The molecular weight excluding hydrogens is 656 g/mol. The molecule has 0 N–H and O–H groups in total. The van der Waals surface area contributed by atoms with Gasteiger partial charge in [-0.3, -0.25) is 9.69 Å². The summed E-state index contributed by atoms with van der Waals surface area (Å²) in [6, 6.07) is 3.36. The molecule has 1 heterocycles. The molecule has 0 bridgehead atoms. The van der Waals surface area contributed by atoms with E-state index in [0.717, 1.165) is 6.07 Å². The van der Waals surface area contributed by atoms with Crippen LogP contribution < -0.4 is 4.74 Å². The lowest BCUT2D eigenvalue weighted by Crippen LogP contribution is -2.42. The van der Waals surface area contributed by atoms with Crippen molar-refractivity contribution in [3.05, 3.63) is 63.2 Å². The van der Waals surface area contributed by atoms with E-state index in [4.69, 9.17) is 16.3 Å². The zero-order valence-electron chi connectivity index (χ0n) is 22.6. The number of rotatable bonds is 7. The molecule has 1 saturated heterocycles. The topological polar surface area (TPSA) is 93.2 Å². The quantitative estimate of drug-likeness (QED) is 0.263. The van der Waals surface area contributed by atoms with E-state index in [-0.39, 0.29) is 44.0 Å². The summed E-state index contributed by atoms with van der Waals surface area (Å²) < 4.78 is 136. The predicted molar refractivity (Wildman–Crippen MR) is 137 cm³/mol. The molecule has 2 aromatic carbocycles. The fourth-order valence-corrected chi connectivity index (χ4v) is 5.35. The van der Waals surface area contributed by atoms with Crippen molar-refractivity contribution in [3.63, 3.8) is 0 Å². The number of hydrogen-bond donors (Lipinski definition) is 0. The van der Waals surface area contributed by atoms with Gasteiger partial charge in [0, 0.05) is 25.2 Å². The van der Waals surface area contributed by atoms with E-state index < -0.39 is 78.4 Å².